The lowest BCUT2D eigenvalue weighted by Crippen LogP contribution is -1.87. The summed E-state index contributed by atoms with van der Waals surface area (Å²) in [6.07, 6.45) is 1.83. The van der Waals surface area contributed by atoms with Crippen molar-refractivity contribution in [1.82, 2.24) is 15.0 Å². The third kappa shape index (κ3) is 2.09. The third-order valence-corrected chi connectivity index (χ3v) is 3.61. The Bertz CT molecular complexity index is 778. The average molecular weight is 292 g/mol. The molecule has 0 saturated carbocycles. The van der Waals surface area contributed by atoms with Crippen molar-refractivity contribution in [2.45, 2.75) is 13.8 Å². The Morgan fingerprint density at radius 2 is 1.95 bits per heavy atom. The lowest BCUT2D eigenvalue weighted by Gasteiger charge is -2.03. The second-order valence-electron chi connectivity index (χ2n) is 4.43. The van der Waals surface area contributed by atoms with Crippen molar-refractivity contribution in [3.63, 3.8) is 0 Å². The molecular formula is C14H11Cl2N3. The van der Waals surface area contributed by atoms with E-state index in [1.54, 1.807) is 6.07 Å². The molecule has 0 aliphatic heterocycles. The van der Waals surface area contributed by atoms with E-state index < -0.39 is 0 Å². The molecule has 0 aliphatic rings. The van der Waals surface area contributed by atoms with Gasteiger partial charge in [0.05, 0.1) is 16.2 Å². The predicted octanol–water partition coefficient (Wildman–Crippen LogP) is 4.55. The van der Waals surface area contributed by atoms with Crippen LogP contribution in [0.3, 0.4) is 0 Å². The summed E-state index contributed by atoms with van der Waals surface area (Å²) in [6, 6.07) is 5.44. The van der Waals surface area contributed by atoms with Gasteiger partial charge in [0.1, 0.15) is 5.82 Å². The lowest BCUT2D eigenvalue weighted by atomic mass is 10.1. The highest BCUT2D eigenvalue weighted by Crippen LogP contribution is 2.34. The number of H-pyrrole nitrogens is 1. The molecule has 0 spiro atoms. The Balaban J connectivity index is 2.33. The summed E-state index contributed by atoms with van der Waals surface area (Å²) in [5, 5.41) is 2.23. The zero-order valence-electron chi connectivity index (χ0n) is 10.5. The maximum atomic E-state index is 6.27. The summed E-state index contributed by atoms with van der Waals surface area (Å²) >= 11 is 12.2. The van der Waals surface area contributed by atoms with Crippen LogP contribution >= 0.6 is 23.2 Å². The molecule has 2 aromatic heterocycles. The van der Waals surface area contributed by atoms with Crippen molar-refractivity contribution < 1.29 is 0 Å². The van der Waals surface area contributed by atoms with Crippen LogP contribution in [0, 0.1) is 13.8 Å². The van der Waals surface area contributed by atoms with Crippen LogP contribution in [-0.4, -0.2) is 15.0 Å². The first-order valence-electron chi connectivity index (χ1n) is 5.83. The second kappa shape index (κ2) is 4.51. The topological polar surface area (TPSA) is 41.6 Å². The van der Waals surface area contributed by atoms with Gasteiger partial charge >= 0.3 is 0 Å². The molecule has 19 heavy (non-hydrogen) atoms. The quantitative estimate of drug-likeness (QED) is 0.715. The zero-order valence-corrected chi connectivity index (χ0v) is 12.0. The number of rotatable bonds is 1. The highest BCUT2D eigenvalue weighted by Gasteiger charge is 2.14. The van der Waals surface area contributed by atoms with Crippen LogP contribution in [-0.2, 0) is 0 Å². The first-order chi connectivity index (χ1) is 9.06. The van der Waals surface area contributed by atoms with Crippen molar-refractivity contribution in [2.75, 3.05) is 0 Å². The van der Waals surface area contributed by atoms with Crippen LogP contribution in [0.4, 0.5) is 0 Å². The molecule has 3 rings (SSSR count). The van der Waals surface area contributed by atoms with E-state index in [4.69, 9.17) is 23.2 Å². The first kappa shape index (κ1) is 12.5. The fourth-order valence-corrected chi connectivity index (χ4v) is 2.64. The summed E-state index contributed by atoms with van der Waals surface area (Å²) in [4.78, 5) is 12.1. The van der Waals surface area contributed by atoms with Crippen molar-refractivity contribution in [3.05, 3.63) is 46.0 Å². The molecule has 2 heterocycles. The van der Waals surface area contributed by atoms with E-state index in [1.165, 1.54) is 0 Å². The SMILES string of the molecule is Cc1ncc2c(C)[nH]c(-c3ccc(Cl)cc3Cl)c2n1. The van der Waals surface area contributed by atoms with Gasteiger partial charge in [-0.25, -0.2) is 9.97 Å². The van der Waals surface area contributed by atoms with E-state index in [-0.39, 0.29) is 0 Å². The Hall–Kier alpha value is -1.58. The van der Waals surface area contributed by atoms with Gasteiger partial charge in [0.15, 0.2) is 0 Å². The molecule has 0 radical (unpaired) electrons. The van der Waals surface area contributed by atoms with E-state index in [2.05, 4.69) is 15.0 Å². The highest BCUT2D eigenvalue weighted by atomic mass is 35.5. The number of nitrogens with zero attached hydrogens (tertiary/aromatic N) is 2. The number of nitrogens with one attached hydrogen (secondary N) is 1. The molecule has 0 fully saturated rings. The Labute approximate surface area is 120 Å². The molecule has 1 aromatic carbocycles. The minimum absolute atomic E-state index is 0.604. The number of benzene rings is 1. The van der Waals surface area contributed by atoms with Gasteiger partial charge in [0.25, 0.3) is 0 Å². The van der Waals surface area contributed by atoms with Gasteiger partial charge in [0, 0.05) is 27.9 Å². The standard InChI is InChI=1S/C14H11Cl2N3/c1-7-11-6-17-8(2)19-14(11)13(18-7)10-4-3-9(15)5-12(10)16/h3-6,18H,1-2H3. The van der Waals surface area contributed by atoms with Crippen LogP contribution in [0.15, 0.2) is 24.4 Å². The summed E-state index contributed by atoms with van der Waals surface area (Å²) in [7, 11) is 0. The normalized spacial score (nSPS) is 11.2. The molecule has 0 amide bonds. The molecule has 96 valence electrons. The van der Waals surface area contributed by atoms with Gasteiger partial charge in [0.2, 0.25) is 0 Å². The Morgan fingerprint density at radius 3 is 2.68 bits per heavy atom. The molecule has 1 N–H and O–H groups in total. The van der Waals surface area contributed by atoms with Gasteiger partial charge in [-0.1, -0.05) is 23.2 Å². The number of aromatic amines is 1. The van der Waals surface area contributed by atoms with Crippen molar-refractivity contribution >= 4 is 34.1 Å². The van der Waals surface area contributed by atoms with Gasteiger partial charge in [-0.05, 0) is 32.0 Å². The molecule has 0 saturated heterocycles. The molecule has 5 heteroatoms. The molecule has 0 atom stereocenters. The maximum absolute atomic E-state index is 6.27. The highest BCUT2D eigenvalue weighted by molar-refractivity contribution is 6.36. The van der Waals surface area contributed by atoms with E-state index in [0.717, 1.165) is 33.7 Å². The summed E-state index contributed by atoms with van der Waals surface area (Å²) in [5.74, 6) is 0.734. The zero-order chi connectivity index (χ0) is 13.6. The van der Waals surface area contributed by atoms with Crippen molar-refractivity contribution in [3.8, 4) is 11.3 Å². The Kier molecular flexibility index (Phi) is 2.96. The third-order valence-electron chi connectivity index (χ3n) is 3.06. The summed E-state index contributed by atoms with van der Waals surface area (Å²) in [6.45, 7) is 3.86. The summed E-state index contributed by atoms with van der Waals surface area (Å²) < 4.78 is 0. The smallest absolute Gasteiger partial charge is 0.125 e. The largest absolute Gasteiger partial charge is 0.356 e. The number of hydrogen-bond acceptors (Lipinski definition) is 2. The van der Waals surface area contributed by atoms with Crippen LogP contribution in [0.5, 0.6) is 0 Å². The van der Waals surface area contributed by atoms with Crippen LogP contribution in [0.2, 0.25) is 10.0 Å². The van der Waals surface area contributed by atoms with Crippen molar-refractivity contribution in [1.29, 1.82) is 0 Å². The minimum atomic E-state index is 0.604. The number of aromatic nitrogens is 3. The molecule has 3 aromatic rings. The molecule has 0 unspecified atom stereocenters. The fraction of sp³-hybridized carbons (Fsp3) is 0.143. The van der Waals surface area contributed by atoms with E-state index >= 15 is 0 Å². The lowest BCUT2D eigenvalue weighted by molar-refractivity contribution is 1.09. The summed E-state index contributed by atoms with van der Waals surface area (Å²) in [5.41, 5.74) is 3.70. The van der Waals surface area contributed by atoms with E-state index in [0.29, 0.717) is 10.0 Å². The van der Waals surface area contributed by atoms with E-state index in [1.807, 2.05) is 32.2 Å². The number of fused-ring (bicyclic) bond motifs is 1. The van der Waals surface area contributed by atoms with Gasteiger partial charge in [-0.2, -0.15) is 0 Å². The van der Waals surface area contributed by atoms with Crippen LogP contribution in [0.1, 0.15) is 11.5 Å². The number of halogens is 2. The van der Waals surface area contributed by atoms with Gasteiger partial charge in [-0.3, -0.25) is 0 Å². The maximum Gasteiger partial charge on any atom is 0.125 e. The van der Waals surface area contributed by atoms with Crippen LogP contribution < -0.4 is 0 Å². The number of aryl methyl sites for hydroxylation is 2. The molecule has 0 bridgehead atoms. The van der Waals surface area contributed by atoms with Crippen LogP contribution in [0.25, 0.3) is 22.2 Å². The molecule has 3 nitrogen and oxygen atoms in total. The molecular weight excluding hydrogens is 281 g/mol. The average Bonchev–Trinajstić information content (AvgIpc) is 2.66. The monoisotopic (exact) mass is 291 g/mol. The predicted molar refractivity (Wildman–Crippen MR) is 78.8 cm³/mol. The molecule has 0 aliphatic carbocycles. The number of hydrogen-bond donors (Lipinski definition) is 1. The van der Waals surface area contributed by atoms with Crippen molar-refractivity contribution in [2.24, 2.45) is 0 Å². The minimum Gasteiger partial charge on any atom is -0.356 e. The van der Waals surface area contributed by atoms with E-state index in [9.17, 15) is 0 Å². The first-order valence-corrected chi connectivity index (χ1v) is 6.59. The van der Waals surface area contributed by atoms with Gasteiger partial charge < -0.3 is 4.98 Å². The Morgan fingerprint density at radius 1 is 1.16 bits per heavy atom. The fourth-order valence-electron chi connectivity index (χ4n) is 2.14. The van der Waals surface area contributed by atoms with Gasteiger partial charge in [-0.15, -0.1) is 0 Å². The second-order valence-corrected chi connectivity index (χ2v) is 5.27.